The van der Waals surface area contributed by atoms with Gasteiger partial charge in [-0.3, -0.25) is 4.98 Å². The van der Waals surface area contributed by atoms with Gasteiger partial charge in [-0.25, -0.2) is 0 Å². The molecule has 1 aromatic rings. The summed E-state index contributed by atoms with van der Waals surface area (Å²) in [5.41, 5.74) is 5.52. The number of ether oxygens (including phenoxy) is 1. The van der Waals surface area contributed by atoms with Gasteiger partial charge in [-0.2, -0.15) is 0 Å². The van der Waals surface area contributed by atoms with Crippen LogP contribution in [-0.4, -0.2) is 17.6 Å². The van der Waals surface area contributed by atoms with E-state index in [2.05, 4.69) is 20.9 Å². The van der Waals surface area contributed by atoms with E-state index in [9.17, 15) is 0 Å². The van der Waals surface area contributed by atoms with E-state index in [0.29, 0.717) is 6.61 Å². The molecule has 4 heteroatoms. The van der Waals surface area contributed by atoms with Crippen LogP contribution in [0.4, 0.5) is 0 Å². The Kier molecular flexibility index (Phi) is 3.49. The first-order chi connectivity index (χ1) is 5.68. The van der Waals surface area contributed by atoms with Gasteiger partial charge >= 0.3 is 0 Å². The molecule has 0 radical (unpaired) electrons. The molecular weight excluding hydrogens is 220 g/mol. The van der Waals surface area contributed by atoms with Gasteiger partial charge in [-0.1, -0.05) is 0 Å². The fourth-order valence-electron chi connectivity index (χ4n) is 0.699. The zero-order valence-electron chi connectivity index (χ0n) is 6.83. The lowest BCUT2D eigenvalue weighted by Crippen LogP contribution is -2.23. The molecule has 0 aliphatic heterocycles. The van der Waals surface area contributed by atoms with Gasteiger partial charge < -0.3 is 10.5 Å². The van der Waals surface area contributed by atoms with Gasteiger partial charge in [-0.15, -0.1) is 0 Å². The highest BCUT2D eigenvalue weighted by molar-refractivity contribution is 9.10. The third kappa shape index (κ3) is 3.19. The summed E-state index contributed by atoms with van der Waals surface area (Å²) >= 11 is 3.30. The van der Waals surface area contributed by atoms with Gasteiger partial charge in [0.25, 0.3) is 0 Å². The van der Waals surface area contributed by atoms with Gasteiger partial charge in [0.2, 0.25) is 0 Å². The summed E-state index contributed by atoms with van der Waals surface area (Å²) in [4.78, 5) is 3.95. The van der Waals surface area contributed by atoms with E-state index in [0.717, 1.165) is 10.2 Å². The Hall–Kier alpha value is -0.610. The number of hydrogen-bond donors (Lipinski definition) is 1. The first kappa shape index (κ1) is 9.48. The molecule has 0 fully saturated rings. The standard InChI is InChI=1S/C8H11BrN2O/c1-6(10)5-12-8-2-7(9)3-11-4-8/h2-4,6H,5,10H2,1H3. The second kappa shape index (κ2) is 4.42. The predicted molar refractivity (Wildman–Crippen MR) is 51.1 cm³/mol. The molecule has 0 aliphatic rings. The third-order valence-electron chi connectivity index (χ3n) is 1.19. The molecule has 0 bridgehead atoms. The minimum Gasteiger partial charge on any atom is -0.490 e. The summed E-state index contributed by atoms with van der Waals surface area (Å²) in [6.45, 7) is 2.41. The van der Waals surface area contributed by atoms with Crippen molar-refractivity contribution in [3.8, 4) is 5.75 Å². The summed E-state index contributed by atoms with van der Waals surface area (Å²) in [5, 5.41) is 0. The molecule has 1 atom stereocenters. The van der Waals surface area contributed by atoms with Crippen LogP contribution in [0, 0.1) is 0 Å². The van der Waals surface area contributed by atoms with E-state index >= 15 is 0 Å². The van der Waals surface area contributed by atoms with E-state index in [1.54, 1.807) is 12.4 Å². The smallest absolute Gasteiger partial charge is 0.138 e. The van der Waals surface area contributed by atoms with Crippen LogP contribution in [0.15, 0.2) is 22.9 Å². The van der Waals surface area contributed by atoms with Gasteiger partial charge in [0.1, 0.15) is 12.4 Å². The van der Waals surface area contributed by atoms with Crippen LogP contribution >= 0.6 is 15.9 Å². The summed E-state index contributed by atoms with van der Waals surface area (Å²) in [7, 11) is 0. The molecule has 0 aliphatic carbocycles. The van der Waals surface area contributed by atoms with Crippen molar-refractivity contribution in [2.24, 2.45) is 5.73 Å². The van der Waals surface area contributed by atoms with Crippen LogP contribution in [0.1, 0.15) is 6.92 Å². The van der Waals surface area contributed by atoms with E-state index in [1.165, 1.54) is 0 Å². The van der Waals surface area contributed by atoms with Crippen molar-refractivity contribution in [3.05, 3.63) is 22.9 Å². The van der Waals surface area contributed by atoms with E-state index in [-0.39, 0.29) is 6.04 Å². The number of halogens is 1. The number of rotatable bonds is 3. The Bertz CT molecular complexity index is 253. The van der Waals surface area contributed by atoms with Crippen molar-refractivity contribution in [2.45, 2.75) is 13.0 Å². The maximum absolute atomic E-state index is 5.52. The molecule has 3 nitrogen and oxygen atoms in total. The van der Waals surface area contributed by atoms with Crippen molar-refractivity contribution in [1.29, 1.82) is 0 Å². The summed E-state index contributed by atoms with van der Waals surface area (Å²) < 4.78 is 6.24. The molecule has 0 saturated carbocycles. The summed E-state index contributed by atoms with van der Waals surface area (Å²) in [6, 6.07) is 1.90. The fraction of sp³-hybridized carbons (Fsp3) is 0.375. The Balaban J connectivity index is 2.52. The third-order valence-corrected chi connectivity index (χ3v) is 1.63. The fourth-order valence-corrected chi connectivity index (χ4v) is 1.04. The minimum absolute atomic E-state index is 0.0454. The summed E-state index contributed by atoms with van der Waals surface area (Å²) in [5.74, 6) is 0.738. The molecule has 0 amide bonds. The lowest BCUT2D eigenvalue weighted by Gasteiger charge is -2.07. The van der Waals surface area contributed by atoms with Gasteiger partial charge in [0, 0.05) is 16.7 Å². The van der Waals surface area contributed by atoms with E-state index in [1.807, 2.05) is 13.0 Å². The highest BCUT2D eigenvalue weighted by Gasteiger charge is 1.97. The lowest BCUT2D eigenvalue weighted by molar-refractivity contribution is 0.295. The molecule has 0 spiro atoms. The molecule has 1 aromatic heterocycles. The zero-order chi connectivity index (χ0) is 8.97. The molecule has 2 N–H and O–H groups in total. The number of nitrogens with zero attached hydrogens (tertiary/aromatic N) is 1. The quantitative estimate of drug-likeness (QED) is 0.858. The van der Waals surface area contributed by atoms with Crippen LogP contribution in [0.5, 0.6) is 5.75 Å². The van der Waals surface area contributed by atoms with Crippen LogP contribution in [0.3, 0.4) is 0 Å². The summed E-state index contributed by atoms with van der Waals surface area (Å²) in [6.07, 6.45) is 3.37. The predicted octanol–water partition coefficient (Wildman–Crippen LogP) is 1.57. The van der Waals surface area contributed by atoms with E-state index < -0.39 is 0 Å². The second-order valence-corrected chi connectivity index (χ2v) is 3.54. The first-order valence-electron chi connectivity index (χ1n) is 3.67. The van der Waals surface area contributed by atoms with Crippen LogP contribution < -0.4 is 10.5 Å². The number of nitrogens with two attached hydrogens (primary N) is 1. The van der Waals surface area contributed by atoms with Gasteiger partial charge in [-0.05, 0) is 28.9 Å². The zero-order valence-corrected chi connectivity index (χ0v) is 8.41. The van der Waals surface area contributed by atoms with Gasteiger partial charge in [0.05, 0.1) is 6.20 Å². The second-order valence-electron chi connectivity index (χ2n) is 2.63. The van der Waals surface area contributed by atoms with Crippen LogP contribution in [0.2, 0.25) is 0 Å². The van der Waals surface area contributed by atoms with Crippen molar-refractivity contribution in [1.82, 2.24) is 4.98 Å². The Morgan fingerprint density at radius 3 is 3.00 bits per heavy atom. The lowest BCUT2D eigenvalue weighted by atomic mass is 10.4. The number of hydrogen-bond acceptors (Lipinski definition) is 3. The average molecular weight is 231 g/mol. The van der Waals surface area contributed by atoms with Crippen molar-refractivity contribution in [2.75, 3.05) is 6.61 Å². The normalized spacial score (nSPS) is 12.6. The van der Waals surface area contributed by atoms with Crippen LogP contribution in [-0.2, 0) is 0 Å². The van der Waals surface area contributed by atoms with Crippen molar-refractivity contribution in [3.63, 3.8) is 0 Å². The maximum atomic E-state index is 5.52. The largest absolute Gasteiger partial charge is 0.490 e. The van der Waals surface area contributed by atoms with Crippen LogP contribution in [0.25, 0.3) is 0 Å². The first-order valence-corrected chi connectivity index (χ1v) is 4.46. The minimum atomic E-state index is 0.0454. The Labute approximate surface area is 80.1 Å². The molecule has 66 valence electrons. The Morgan fingerprint density at radius 1 is 1.67 bits per heavy atom. The van der Waals surface area contributed by atoms with E-state index in [4.69, 9.17) is 10.5 Å². The number of aromatic nitrogens is 1. The molecule has 0 aromatic carbocycles. The molecule has 1 heterocycles. The van der Waals surface area contributed by atoms with Crippen molar-refractivity contribution >= 4 is 15.9 Å². The molecule has 0 saturated heterocycles. The topological polar surface area (TPSA) is 48.1 Å². The maximum Gasteiger partial charge on any atom is 0.138 e. The average Bonchev–Trinajstić information content (AvgIpc) is 2.01. The van der Waals surface area contributed by atoms with Gasteiger partial charge in [0.15, 0.2) is 0 Å². The van der Waals surface area contributed by atoms with Crippen molar-refractivity contribution < 1.29 is 4.74 Å². The molecule has 1 rings (SSSR count). The monoisotopic (exact) mass is 230 g/mol. The highest BCUT2D eigenvalue weighted by Crippen LogP contribution is 2.15. The Morgan fingerprint density at radius 2 is 2.42 bits per heavy atom. The molecule has 12 heavy (non-hydrogen) atoms. The molecular formula is C8H11BrN2O. The molecule has 1 unspecified atom stereocenters. The SMILES string of the molecule is CC(N)COc1cncc(Br)c1. The number of pyridine rings is 1. The highest BCUT2D eigenvalue weighted by atomic mass is 79.9.